The molecule has 1 saturated heterocycles. The van der Waals surface area contributed by atoms with Gasteiger partial charge in [-0.3, -0.25) is 4.79 Å². The Morgan fingerprint density at radius 3 is 2.27 bits per heavy atom. The van der Waals surface area contributed by atoms with Crippen LogP contribution < -0.4 is 0 Å². The lowest BCUT2D eigenvalue weighted by Gasteiger charge is -2.26. The molecular formula is C21H21ClFNO5S. The number of ether oxygens (including phenoxy) is 1. The minimum absolute atomic E-state index is 0.150. The summed E-state index contributed by atoms with van der Waals surface area (Å²) in [6.07, 6.45) is 1.20. The van der Waals surface area contributed by atoms with Crippen LogP contribution in [0.1, 0.15) is 46.9 Å². The van der Waals surface area contributed by atoms with Crippen molar-refractivity contribution in [1.29, 1.82) is 0 Å². The van der Waals surface area contributed by atoms with Gasteiger partial charge in [0.2, 0.25) is 15.8 Å². The van der Waals surface area contributed by atoms with E-state index in [0.29, 0.717) is 36.5 Å². The Labute approximate surface area is 179 Å². The number of sulfonamides is 1. The second kappa shape index (κ2) is 9.24. The predicted octanol–water partition coefficient (Wildman–Crippen LogP) is 4.08. The van der Waals surface area contributed by atoms with Crippen LogP contribution in [-0.2, 0) is 14.8 Å². The second-order valence-electron chi connectivity index (χ2n) is 7.03. The molecule has 0 radical (unpaired) electrons. The Kier molecular flexibility index (Phi) is 6.90. The molecule has 0 aromatic heterocycles. The number of esters is 1. The number of hydrogen-bond acceptors (Lipinski definition) is 5. The molecule has 1 unspecified atom stereocenters. The lowest BCUT2D eigenvalue weighted by atomic mass is 10.1. The SMILES string of the molecule is CC(OC(=O)c1ccc(F)c(S(=O)(=O)N2CCCCC2)c1)C(=O)c1ccc(Cl)cc1. The Morgan fingerprint density at radius 1 is 1.03 bits per heavy atom. The number of hydrogen-bond donors (Lipinski definition) is 0. The van der Waals surface area contributed by atoms with E-state index in [4.69, 9.17) is 16.3 Å². The third-order valence-corrected chi connectivity index (χ3v) is 7.05. The van der Waals surface area contributed by atoms with Gasteiger partial charge in [0.05, 0.1) is 5.56 Å². The smallest absolute Gasteiger partial charge is 0.338 e. The van der Waals surface area contributed by atoms with Crippen molar-refractivity contribution in [2.24, 2.45) is 0 Å². The largest absolute Gasteiger partial charge is 0.451 e. The van der Waals surface area contributed by atoms with Gasteiger partial charge in [-0.1, -0.05) is 18.0 Å². The maximum atomic E-state index is 14.3. The first-order valence-corrected chi connectivity index (χ1v) is 11.3. The summed E-state index contributed by atoms with van der Waals surface area (Å²) in [6, 6.07) is 9.11. The summed E-state index contributed by atoms with van der Waals surface area (Å²) < 4.78 is 46.3. The summed E-state index contributed by atoms with van der Waals surface area (Å²) in [5.41, 5.74) is 0.162. The molecular weight excluding hydrogens is 433 g/mol. The molecule has 3 rings (SSSR count). The number of halogens is 2. The quantitative estimate of drug-likeness (QED) is 0.486. The van der Waals surface area contributed by atoms with Crippen molar-refractivity contribution in [3.05, 3.63) is 64.4 Å². The maximum absolute atomic E-state index is 14.3. The van der Waals surface area contributed by atoms with Gasteiger partial charge < -0.3 is 4.74 Å². The van der Waals surface area contributed by atoms with Crippen molar-refractivity contribution in [3.8, 4) is 0 Å². The molecule has 0 N–H and O–H groups in total. The third-order valence-electron chi connectivity index (χ3n) is 4.88. The monoisotopic (exact) mass is 453 g/mol. The van der Waals surface area contributed by atoms with Crippen molar-refractivity contribution >= 4 is 33.4 Å². The van der Waals surface area contributed by atoms with Gasteiger partial charge in [0.25, 0.3) is 0 Å². The number of carbonyl (C=O) groups excluding carboxylic acids is 2. The van der Waals surface area contributed by atoms with E-state index in [9.17, 15) is 22.4 Å². The van der Waals surface area contributed by atoms with Gasteiger partial charge in [0.1, 0.15) is 10.7 Å². The molecule has 2 aromatic rings. The summed E-state index contributed by atoms with van der Waals surface area (Å²) in [7, 11) is -4.07. The molecule has 0 spiro atoms. The normalized spacial score (nSPS) is 16.1. The van der Waals surface area contributed by atoms with Crippen LogP contribution in [0.2, 0.25) is 5.02 Å². The fraction of sp³-hybridized carbons (Fsp3) is 0.333. The minimum atomic E-state index is -4.07. The zero-order chi connectivity index (χ0) is 21.9. The third kappa shape index (κ3) is 4.88. The van der Waals surface area contributed by atoms with Crippen LogP contribution in [0.15, 0.2) is 47.4 Å². The summed E-state index contributed by atoms with van der Waals surface area (Å²) in [4.78, 5) is 24.3. The van der Waals surface area contributed by atoms with E-state index in [1.54, 1.807) is 12.1 Å². The number of Topliss-reactive ketones (excluding diaryl/α,β-unsaturated/α-hetero) is 1. The molecule has 1 aliphatic rings. The first kappa shape index (κ1) is 22.4. The van der Waals surface area contributed by atoms with E-state index < -0.39 is 38.6 Å². The molecule has 0 amide bonds. The van der Waals surface area contributed by atoms with Gasteiger partial charge in [0, 0.05) is 23.7 Å². The topological polar surface area (TPSA) is 80.8 Å². The zero-order valence-electron chi connectivity index (χ0n) is 16.3. The molecule has 1 aliphatic heterocycles. The number of nitrogens with zero attached hydrogens (tertiary/aromatic N) is 1. The van der Waals surface area contributed by atoms with Gasteiger partial charge in [-0.2, -0.15) is 4.31 Å². The first-order chi connectivity index (χ1) is 14.2. The number of benzene rings is 2. The van der Waals surface area contributed by atoms with E-state index in [0.717, 1.165) is 24.6 Å². The number of carbonyl (C=O) groups is 2. The average molecular weight is 454 g/mol. The van der Waals surface area contributed by atoms with Crippen LogP contribution in [0, 0.1) is 5.82 Å². The van der Waals surface area contributed by atoms with E-state index in [1.807, 2.05) is 0 Å². The van der Waals surface area contributed by atoms with Gasteiger partial charge in [0.15, 0.2) is 6.10 Å². The summed E-state index contributed by atoms with van der Waals surface area (Å²) in [5, 5.41) is 0.463. The van der Waals surface area contributed by atoms with Crippen LogP contribution in [0.5, 0.6) is 0 Å². The lowest BCUT2D eigenvalue weighted by Crippen LogP contribution is -2.36. The predicted molar refractivity (Wildman–Crippen MR) is 110 cm³/mol. The van der Waals surface area contributed by atoms with Gasteiger partial charge in [-0.25, -0.2) is 17.6 Å². The number of rotatable bonds is 6. The highest BCUT2D eigenvalue weighted by Gasteiger charge is 2.30. The Hall–Kier alpha value is -2.29. The number of piperidine rings is 1. The molecule has 1 fully saturated rings. The minimum Gasteiger partial charge on any atom is -0.451 e. The van der Waals surface area contributed by atoms with Gasteiger partial charge in [-0.05, 0) is 62.2 Å². The molecule has 160 valence electrons. The van der Waals surface area contributed by atoms with Crippen molar-refractivity contribution in [2.75, 3.05) is 13.1 Å². The van der Waals surface area contributed by atoms with Crippen LogP contribution in [0.25, 0.3) is 0 Å². The van der Waals surface area contributed by atoms with Crippen LogP contribution in [-0.4, -0.2) is 43.7 Å². The molecule has 1 atom stereocenters. The van der Waals surface area contributed by atoms with Crippen molar-refractivity contribution < 1.29 is 27.1 Å². The van der Waals surface area contributed by atoms with E-state index >= 15 is 0 Å². The molecule has 9 heteroatoms. The Morgan fingerprint density at radius 2 is 1.63 bits per heavy atom. The Bertz CT molecular complexity index is 1050. The standard InChI is InChI=1S/C21H21ClFNO5S/c1-14(20(25)15-5-8-17(22)9-6-15)29-21(26)16-7-10-18(23)19(13-16)30(27,28)24-11-3-2-4-12-24/h5-10,13-14H,2-4,11-12H2,1H3. The highest BCUT2D eigenvalue weighted by molar-refractivity contribution is 7.89. The summed E-state index contributed by atoms with van der Waals surface area (Å²) in [5.74, 6) is -2.30. The summed E-state index contributed by atoms with van der Waals surface area (Å²) in [6.45, 7) is 2.02. The zero-order valence-corrected chi connectivity index (χ0v) is 17.9. The Balaban J connectivity index is 1.78. The van der Waals surface area contributed by atoms with Crippen LogP contribution in [0.3, 0.4) is 0 Å². The van der Waals surface area contributed by atoms with E-state index in [-0.39, 0.29) is 5.56 Å². The maximum Gasteiger partial charge on any atom is 0.338 e. The molecule has 6 nitrogen and oxygen atoms in total. The van der Waals surface area contributed by atoms with E-state index in [2.05, 4.69) is 0 Å². The van der Waals surface area contributed by atoms with Crippen LogP contribution in [0.4, 0.5) is 4.39 Å². The molecule has 2 aromatic carbocycles. The highest BCUT2D eigenvalue weighted by atomic mass is 35.5. The second-order valence-corrected chi connectivity index (χ2v) is 9.37. The van der Waals surface area contributed by atoms with E-state index in [1.165, 1.54) is 23.4 Å². The molecule has 30 heavy (non-hydrogen) atoms. The van der Waals surface area contributed by atoms with Crippen molar-refractivity contribution in [1.82, 2.24) is 4.31 Å². The number of ketones is 1. The summed E-state index contributed by atoms with van der Waals surface area (Å²) >= 11 is 5.80. The molecule has 0 bridgehead atoms. The fourth-order valence-corrected chi connectivity index (χ4v) is 4.94. The fourth-order valence-electron chi connectivity index (χ4n) is 3.20. The first-order valence-electron chi connectivity index (χ1n) is 9.50. The van der Waals surface area contributed by atoms with Crippen molar-refractivity contribution in [2.45, 2.75) is 37.2 Å². The van der Waals surface area contributed by atoms with Crippen LogP contribution >= 0.6 is 11.6 Å². The highest BCUT2D eigenvalue weighted by Crippen LogP contribution is 2.24. The van der Waals surface area contributed by atoms with Crippen molar-refractivity contribution in [3.63, 3.8) is 0 Å². The molecule has 0 saturated carbocycles. The van der Waals surface area contributed by atoms with Gasteiger partial charge >= 0.3 is 5.97 Å². The molecule has 1 heterocycles. The average Bonchev–Trinajstić information content (AvgIpc) is 2.74. The lowest BCUT2D eigenvalue weighted by molar-refractivity contribution is 0.0318. The van der Waals surface area contributed by atoms with Gasteiger partial charge in [-0.15, -0.1) is 0 Å². The molecule has 0 aliphatic carbocycles.